The van der Waals surface area contributed by atoms with Gasteiger partial charge in [-0.1, -0.05) is 6.58 Å². The number of halogens is 2. The molecule has 0 saturated carbocycles. The first-order valence-electron chi connectivity index (χ1n) is 3.47. The molecule has 0 atom stereocenters. The Morgan fingerprint density at radius 3 is 2.58 bits per heavy atom. The van der Waals surface area contributed by atoms with E-state index in [4.69, 9.17) is 0 Å². The lowest BCUT2D eigenvalue weighted by Gasteiger charge is -2.05. The number of anilines is 1. The molecule has 0 saturated heterocycles. The highest BCUT2D eigenvalue weighted by atomic mass is 19.1. The van der Waals surface area contributed by atoms with Crippen LogP contribution in [0.15, 0.2) is 30.5 Å². The van der Waals surface area contributed by atoms with Crippen molar-refractivity contribution in [3.8, 4) is 0 Å². The molecule has 1 aromatic rings. The standard InChI is InChI=1S/C9H9F2N/c1-6(2)12-9-4-3-7(10)5-8(9)11/h3-5,12H,1H2,2H3. The predicted octanol–water partition coefficient (Wildman–Crippen LogP) is 2.91. The lowest BCUT2D eigenvalue weighted by molar-refractivity contribution is 0.586. The maximum atomic E-state index is 12.9. The first-order valence-corrected chi connectivity index (χ1v) is 3.47. The van der Waals surface area contributed by atoms with Crippen LogP contribution in [0.3, 0.4) is 0 Å². The molecule has 0 amide bonds. The molecule has 1 rings (SSSR count). The smallest absolute Gasteiger partial charge is 0.149 e. The van der Waals surface area contributed by atoms with Crippen molar-refractivity contribution in [2.45, 2.75) is 6.92 Å². The Kier molecular flexibility index (Phi) is 2.43. The van der Waals surface area contributed by atoms with Gasteiger partial charge >= 0.3 is 0 Å². The SMILES string of the molecule is C=C(C)Nc1ccc(F)cc1F. The molecule has 1 N–H and O–H groups in total. The fourth-order valence-corrected chi connectivity index (χ4v) is 0.821. The van der Waals surface area contributed by atoms with Crippen LogP contribution in [0.25, 0.3) is 0 Å². The first-order chi connectivity index (χ1) is 5.59. The van der Waals surface area contributed by atoms with Gasteiger partial charge in [0, 0.05) is 11.8 Å². The van der Waals surface area contributed by atoms with Crippen LogP contribution in [0.5, 0.6) is 0 Å². The van der Waals surface area contributed by atoms with Gasteiger partial charge < -0.3 is 5.32 Å². The van der Waals surface area contributed by atoms with Crippen LogP contribution in [0.4, 0.5) is 14.5 Å². The van der Waals surface area contributed by atoms with Crippen molar-refractivity contribution in [2.24, 2.45) is 0 Å². The molecule has 0 aliphatic heterocycles. The van der Waals surface area contributed by atoms with Gasteiger partial charge in [0.15, 0.2) is 0 Å². The third kappa shape index (κ3) is 2.05. The fraction of sp³-hybridized carbons (Fsp3) is 0.111. The zero-order chi connectivity index (χ0) is 9.14. The summed E-state index contributed by atoms with van der Waals surface area (Å²) in [6, 6.07) is 3.35. The van der Waals surface area contributed by atoms with Crippen molar-refractivity contribution < 1.29 is 8.78 Å². The molecule has 0 unspecified atom stereocenters. The monoisotopic (exact) mass is 169 g/mol. The van der Waals surface area contributed by atoms with Gasteiger partial charge in [-0.05, 0) is 19.1 Å². The minimum Gasteiger partial charge on any atom is -0.357 e. The summed E-state index contributed by atoms with van der Waals surface area (Å²) in [6.07, 6.45) is 0. The quantitative estimate of drug-likeness (QED) is 0.717. The molecule has 0 aromatic heterocycles. The Labute approximate surface area is 69.7 Å². The van der Waals surface area contributed by atoms with Crippen molar-refractivity contribution in [1.82, 2.24) is 0 Å². The van der Waals surface area contributed by atoms with Gasteiger partial charge in [-0.15, -0.1) is 0 Å². The highest BCUT2D eigenvalue weighted by Crippen LogP contribution is 2.15. The molecule has 0 heterocycles. The molecule has 1 aromatic carbocycles. The molecular weight excluding hydrogens is 160 g/mol. The number of hydrogen-bond donors (Lipinski definition) is 1. The number of rotatable bonds is 2. The molecule has 0 bridgehead atoms. The zero-order valence-corrected chi connectivity index (χ0v) is 6.70. The van der Waals surface area contributed by atoms with E-state index in [0.717, 1.165) is 6.07 Å². The summed E-state index contributed by atoms with van der Waals surface area (Å²) in [6.45, 7) is 5.24. The third-order valence-corrected chi connectivity index (χ3v) is 1.28. The van der Waals surface area contributed by atoms with Crippen molar-refractivity contribution in [2.75, 3.05) is 5.32 Å². The van der Waals surface area contributed by atoms with Gasteiger partial charge in [0.05, 0.1) is 5.69 Å². The second kappa shape index (κ2) is 3.34. The van der Waals surface area contributed by atoms with Crippen LogP contribution in [-0.4, -0.2) is 0 Å². The highest BCUT2D eigenvalue weighted by Gasteiger charge is 2.01. The average Bonchev–Trinajstić information content (AvgIpc) is 1.94. The van der Waals surface area contributed by atoms with Crippen molar-refractivity contribution >= 4 is 5.69 Å². The largest absolute Gasteiger partial charge is 0.357 e. The minimum absolute atomic E-state index is 0.240. The normalized spacial score (nSPS) is 9.58. The summed E-state index contributed by atoms with van der Waals surface area (Å²) < 4.78 is 25.3. The summed E-state index contributed by atoms with van der Waals surface area (Å²) in [4.78, 5) is 0. The molecule has 0 spiro atoms. The Balaban J connectivity index is 2.93. The molecular formula is C9H9F2N. The van der Waals surface area contributed by atoms with Crippen LogP contribution in [0.1, 0.15) is 6.92 Å². The van der Waals surface area contributed by atoms with E-state index in [0.29, 0.717) is 5.70 Å². The molecule has 64 valence electrons. The number of nitrogens with one attached hydrogen (secondary N) is 1. The molecule has 1 nitrogen and oxygen atoms in total. The van der Waals surface area contributed by atoms with E-state index in [9.17, 15) is 8.78 Å². The van der Waals surface area contributed by atoms with E-state index in [-0.39, 0.29) is 5.69 Å². The molecule has 3 heteroatoms. The van der Waals surface area contributed by atoms with Crippen molar-refractivity contribution in [3.05, 3.63) is 42.1 Å². The molecule has 0 aliphatic rings. The lowest BCUT2D eigenvalue weighted by atomic mass is 10.3. The Morgan fingerprint density at radius 1 is 1.42 bits per heavy atom. The van der Waals surface area contributed by atoms with Crippen LogP contribution >= 0.6 is 0 Å². The zero-order valence-electron chi connectivity index (χ0n) is 6.70. The van der Waals surface area contributed by atoms with E-state index < -0.39 is 11.6 Å². The first kappa shape index (κ1) is 8.71. The molecule has 12 heavy (non-hydrogen) atoms. The van der Waals surface area contributed by atoms with E-state index in [1.54, 1.807) is 6.92 Å². The molecule has 0 aliphatic carbocycles. The fourth-order valence-electron chi connectivity index (χ4n) is 0.821. The van der Waals surface area contributed by atoms with Crippen LogP contribution < -0.4 is 5.32 Å². The third-order valence-electron chi connectivity index (χ3n) is 1.28. The van der Waals surface area contributed by atoms with Gasteiger partial charge in [0.2, 0.25) is 0 Å². The van der Waals surface area contributed by atoms with Gasteiger partial charge in [-0.2, -0.15) is 0 Å². The van der Waals surface area contributed by atoms with Crippen molar-refractivity contribution in [3.63, 3.8) is 0 Å². The highest BCUT2D eigenvalue weighted by molar-refractivity contribution is 5.48. The summed E-state index contributed by atoms with van der Waals surface area (Å²) >= 11 is 0. The lowest BCUT2D eigenvalue weighted by Crippen LogP contribution is -1.96. The summed E-state index contributed by atoms with van der Waals surface area (Å²) in [7, 11) is 0. The van der Waals surface area contributed by atoms with Gasteiger partial charge in [-0.25, -0.2) is 8.78 Å². The maximum Gasteiger partial charge on any atom is 0.149 e. The topological polar surface area (TPSA) is 12.0 Å². The van der Waals surface area contributed by atoms with Crippen molar-refractivity contribution in [1.29, 1.82) is 0 Å². The Morgan fingerprint density at radius 2 is 2.08 bits per heavy atom. The van der Waals surface area contributed by atoms with Gasteiger partial charge in [0.25, 0.3) is 0 Å². The summed E-state index contributed by atoms with van der Waals surface area (Å²) in [5, 5.41) is 2.66. The van der Waals surface area contributed by atoms with Crippen LogP contribution in [0.2, 0.25) is 0 Å². The van der Waals surface area contributed by atoms with E-state index in [2.05, 4.69) is 11.9 Å². The van der Waals surface area contributed by atoms with Gasteiger partial charge in [-0.3, -0.25) is 0 Å². The maximum absolute atomic E-state index is 12.9. The summed E-state index contributed by atoms with van der Waals surface area (Å²) in [5.41, 5.74) is 0.851. The van der Waals surface area contributed by atoms with Crippen LogP contribution in [-0.2, 0) is 0 Å². The Hall–Kier alpha value is -1.38. The van der Waals surface area contributed by atoms with Gasteiger partial charge in [0.1, 0.15) is 11.6 Å². The predicted molar refractivity (Wildman–Crippen MR) is 44.8 cm³/mol. The van der Waals surface area contributed by atoms with E-state index in [1.165, 1.54) is 12.1 Å². The minimum atomic E-state index is -0.613. The van der Waals surface area contributed by atoms with Crippen LogP contribution in [0, 0.1) is 11.6 Å². The molecule has 0 fully saturated rings. The van der Waals surface area contributed by atoms with E-state index in [1.807, 2.05) is 0 Å². The number of allylic oxidation sites excluding steroid dienone is 1. The molecule has 0 radical (unpaired) electrons. The Bertz CT molecular complexity index is 307. The van der Waals surface area contributed by atoms with E-state index >= 15 is 0 Å². The second-order valence-electron chi connectivity index (χ2n) is 2.53. The average molecular weight is 169 g/mol. The summed E-state index contributed by atoms with van der Waals surface area (Å²) in [5.74, 6) is -1.20. The number of hydrogen-bond acceptors (Lipinski definition) is 1. The number of benzene rings is 1. The second-order valence-corrected chi connectivity index (χ2v) is 2.53.